The molecule has 0 N–H and O–H groups in total. The second kappa shape index (κ2) is 8.83. The molecule has 10 heteroatoms. The van der Waals surface area contributed by atoms with Gasteiger partial charge in [0, 0.05) is 29.7 Å². The second-order valence-electron chi connectivity index (χ2n) is 6.46. The number of benzene rings is 3. The number of methoxy groups -OCH3 is 3. The Morgan fingerprint density at radius 1 is 0.548 bits per heavy atom. The highest BCUT2D eigenvalue weighted by Crippen LogP contribution is 2.23. The topological polar surface area (TPSA) is 27.7 Å². The van der Waals surface area contributed by atoms with Crippen LogP contribution in [0.5, 0.6) is 17.2 Å². The van der Waals surface area contributed by atoms with Crippen LogP contribution in [-0.4, -0.2) is 28.0 Å². The fourth-order valence-electron chi connectivity index (χ4n) is 3.51. The van der Waals surface area contributed by atoms with Crippen LogP contribution in [0.25, 0.3) is 0 Å². The molecule has 0 radical (unpaired) electrons. The van der Waals surface area contributed by atoms with Crippen molar-refractivity contribution >= 4 is 23.1 Å². The van der Waals surface area contributed by atoms with Gasteiger partial charge in [-0.1, -0.05) is 0 Å². The number of hydrogen-bond acceptors (Lipinski definition) is 3. The molecule has 0 aliphatic rings. The van der Waals surface area contributed by atoms with Crippen molar-refractivity contribution in [3.63, 3.8) is 0 Å². The first-order valence-electron chi connectivity index (χ1n) is 8.80. The zero-order valence-electron chi connectivity index (χ0n) is 16.5. The standard InChI is InChI=1S/C21H15BF6O3/c1-29-18-9-12(25)6-15(26)19(18)22(13-4-10(23)7-16(27)20(13)30-2)14-5-11(24)8-17(28)21(14)31-3/h4-9H,1-3H3. The highest BCUT2D eigenvalue weighted by atomic mass is 19.2. The molecule has 0 heterocycles. The third kappa shape index (κ3) is 4.15. The molecule has 0 bridgehead atoms. The number of halogens is 6. The minimum Gasteiger partial charge on any atom is -0.497 e. The molecular weight excluding hydrogens is 425 g/mol. The second-order valence-corrected chi connectivity index (χ2v) is 6.46. The average molecular weight is 440 g/mol. The summed E-state index contributed by atoms with van der Waals surface area (Å²) in [7, 11) is 3.28. The molecule has 31 heavy (non-hydrogen) atoms. The van der Waals surface area contributed by atoms with Crippen molar-refractivity contribution in [1.29, 1.82) is 0 Å². The molecule has 0 aliphatic carbocycles. The molecule has 0 aromatic heterocycles. The van der Waals surface area contributed by atoms with E-state index >= 15 is 4.39 Å². The minimum atomic E-state index is -1.60. The normalized spacial score (nSPS) is 10.7. The summed E-state index contributed by atoms with van der Waals surface area (Å²) in [5, 5.41) is 0. The fourth-order valence-corrected chi connectivity index (χ4v) is 3.51. The summed E-state index contributed by atoms with van der Waals surface area (Å²) in [6.07, 6.45) is 0. The number of rotatable bonds is 6. The first-order chi connectivity index (χ1) is 14.7. The van der Waals surface area contributed by atoms with Crippen molar-refractivity contribution < 1.29 is 40.6 Å². The van der Waals surface area contributed by atoms with Gasteiger partial charge in [0.05, 0.1) is 21.3 Å². The number of ether oxygens (including phenoxy) is 3. The van der Waals surface area contributed by atoms with Crippen molar-refractivity contribution in [2.75, 3.05) is 21.3 Å². The highest BCUT2D eigenvalue weighted by molar-refractivity contribution is 6.97. The van der Waals surface area contributed by atoms with Crippen molar-refractivity contribution in [2.45, 2.75) is 0 Å². The van der Waals surface area contributed by atoms with E-state index in [9.17, 15) is 22.0 Å². The van der Waals surface area contributed by atoms with E-state index in [0.29, 0.717) is 18.2 Å². The third-order valence-electron chi connectivity index (χ3n) is 4.67. The van der Waals surface area contributed by atoms with Crippen molar-refractivity contribution in [3.05, 3.63) is 71.3 Å². The summed E-state index contributed by atoms with van der Waals surface area (Å²) >= 11 is 0. The fraction of sp³-hybridized carbons (Fsp3) is 0.143. The molecule has 3 nitrogen and oxygen atoms in total. The summed E-state index contributed by atoms with van der Waals surface area (Å²) < 4.78 is 101. The Kier molecular flexibility index (Phi) is 6.38. The van der Waals surface area contributed by atoms with Crippen molar-refractivity contribution in [3.8, 4) is 17.2 Å². The van der Waals surface area contributed by atoms with Crippen LogP contribution in [0.4, 0.5) is 26.3 Å². The molecule has 3 aromatic carbocycles. The van der Waals surface area contributed by atoms with Crippen LogP contribution in [0.15, 0.2) is 36.4 Å². The Morgan fingerprint density at radius 3 is 1.39 bits per heavy atom. The van der Waals surface area contributed by atoms with Gasteiger partial charge < -0.3 is 14.2 Å². The van der Waals surface area contributed by atoms with E-state index in [-0.39, 0.29) is 16.7 Å². The van der Waals surface area contributed by atoms with E-state index in [2.05, 4.69) is 0 Å². The van der Waals surface area contributed by atoms with E-state index < -0.39 is 58.6 Å². The van der Waals surface area contributed by atoms with Crippen molar-refractivity contribution in [2.24, 2.45) is 0 Å². The van der Waals surface area contributed by atoms with Crippen LogP contribution < -0.4 is 30.6 Å². The zero-order chi connectivity index (χ0) is 22.9. The van der Waals surface area contributed by atoms with Gasteiger partial charge in [-0.15, -0.1) is 0 Å². The third-order valence-corrected chi connectivity index (χ3v) is 4.67. The first kappa shape index (κ1) is 22.4. The van der Waals surface area contributed by atoms with Gasteiger partial charge in [0.1, 0.15) is 40.5 Å². The Hall–Kier alpha value is -3.30. The largest absolute Gasteiger partial charge is 0.497 e. The highest BCUT2D eigenvalue weighted by Gasteiger charge is 2.36. The van der Waals surface area contributed by atoms with Gasteiger partial charge in [-0.3, -0.25) is 0 Å². The lowest BCUT2D eigenvalue weighted by Gasteiger charge is -2.23. The lowest BCUT2D eigenvalue weighted by Crippen LogP contribution is -2.55. The molecule has 0 unspecified atom stereocenters. The molecule has 3 rings (SSSR count). The Bertz CT molecular complexity index is 1080. The van der Waals surface area contributed by atoms with Crippen LogP contribution in [-0.2, 0) is 0 Å². The van der Waals surface area contributed by atoms with Gasteiger partial charge in [0.15, 0.2) is 11.6 Å². The van der Waals surface area contributed by atoms with Crippen LogP contribution in [0.2, 0.25) is 0 Å². The minimum absolute atomic E-state index is 0.327. The van der Waals surface area contributed by atoms with Gasteiger partial charge in [0.2, 0.25) is 0 Å². The first-order valence-corrected chi connectivity index (χ1v) is 8.80. The van der Waals surface area contributed by atoms with E-state index in [0.717, 1.165) is 39.5 Å². The van der Waals surface area contributed by atoms with E-state index in [1.165, 1.54) is 0 Å². The quantitative estimate of drug-likeness (QED) is 0.436. The van der Waals surface area contributed by atoms with Crippen LogP contribution in [0.3, 0.4) is 0 Å². The van der Waals surface area contributed by atoms with Gasteiger partial charge in [-0.2, -0.15) is 0 Å². The van der Waals surface area contributed by atoms with E-state index in [4.69, 9.17) is 14.2 Å². The predicted molar refractivity (Wildman–Crippen MR) is 103 cm³/mol. The van der Waals surface area contributed by atoms with Gasteiger partial charge in [0.25, 0.3) is 6.71 Å². The van der Waals surface area contributed by atoms with Crippen LogP contribution in [0, 0.1) is 34.9 Å². The molecular formula is C21H15BF6O3. The van der Waals surface area contributed by atoms with Gasteiger partial charge in [-0.05, 0) is 23.1 Å². The van der Waals surface area contributed by atoms with Gasteiger partial charge in [-0.25, -0.2) is 26.3 Å². The Morgan fingerprint density at radius 2 is 0.968 bits per heavy atom. The summed E-state index contributed by atoms with van der Waals surface area (Å²) in [6, 6.07) is 4.03. The molecule has 0 saturated heterocycles. The van der Waals surface area contributed by atoms with Gasteiger partial charge >= 0.3 is 0 Å². The van der Waals surface area contributed by atoms with Crippen molar-refractivity contribution in [1.82, 2.24) is 0 Å². The van der Waals surface area contributed by atoms with Crippen LogP contribution >= 0.6 is 0 Å². The molecule has 0 spiro atoms. The summed E-state index contributed by atoms with van der Waals surface area (Å²) in [5.74, 6) is -7.95. The lowest BCUT2D eigenvalue weighted by atomic mass is 9.36. The maximum Gasteiger partial charge on any atom is 0.260 e. The molecule has 0 saturated carbocycles. The number of hydrogen-bond donors (Lipinski definition) is 0. The molecule has 0 amide bonds. The molecule has 0 atom stereocenters. The summed E-state index contributed by atoms with van der Waals surface area (Å²) in [4.78, 5) is 0. The summed E-state index contributed by atoms with van der Waals surface area (Å²) in [5.41, 5.74) is -1.09. The Labute approximate surface area is 174 Å². The smallest absolute Gasteiger partial charge is 0.260 e. The molecule has 162 valence electrons. The SMILES string of the molecule is COc1cc(F)cc(F)c1B(c1cc(F)cc(F)c1OC)c1cc(F)cc(F)c1OC. The van der Waals surface area contributed by atoms with E-state index in [1.807, 2.05) is 0 Å². The lowest BCUT2D eigenvalue weighted by molar-refractivity contribution is 0.386. The predicted octanol–water partition coefficient (Wildman–Crippen LogP) is 3.06. The molecule has 0 aliphatic heterocycles. The average Bonchev–Trinajstić information content (AvgIpc) is 2.68. The monoisotopic (exact) mass is 440 g/mol. The molecule has 3 aromatic rings. The Balaban J connectivity index is 2.50. The van der Waals surface area contributed by atoms with E-state index in [1.54, 1.807) is 0 Å². The van der Waals surface area contributed by atoms with Crippen LogP contribution in [0.1, 0.15) is 0 Å². The molecule has 0 fully saturated rings. The zero-order valence-corrected chi connectivity index (χ0v) is 16.5. The summed E-state index contributed by atoms with van der Waals surface area (Å²) in [6.45, 7) is -1.60. The maximum absolute atomic E-state index is 15.0. The maximum atomic E-state index is 15.0.